The molecular formula is C23H40N4O5S. The van der Waals surface area contributed by atoms with Crippen molar-refractivity contribution >= 4 is 41.2 Å². The molecule has 33 heavy (non-hydrogen) atoms. The van der Waals surface area contributed by atoms with E-state index in [0.29, 0.717) is 19.5 Å². The topological polar surface area (TPSA) is 116 Å². The molecule has 0 aliphatic carbocycles. The normalized spacial score (nSPS) is 17.3. The molecule has 1 rings (SSSR count). The summed E-state index contributed by atoms with van der Waals surface area (Å²) in [6.45, 7) is 8.01. The Morgan fingerprint density at radius 2 is 1.82 bits per heavy atom. The van der Waals surface area contributed by atoms with Crippen LogP contribution in [0.3, 0.4) is 0 Å². The molecular weight excluding hydrogens is 444 g/mol. The van der Waals surface area contributed by atoms with Crippen molar-refractivity contribution in [2.24, 2.45) is 0 Å². The molecule has 0 bridgehead atoms. The number of carbonyl (C=O) groups excluding carboxylic acids is 5. The van der Waals surface area contributed by atoms with Crippen molar-refractivity contribution in [2.75, 3.05) is 32.9 Å². The van der Waals surface area contributed by atoms with Crippen molar-refractivity contribution in [3.8, 4) is 0 Å². The Balaban J connectivity index is 2.40. The second-order valence-corrected chi connectivity index (χ2v) is 10.7. The summed E-state index contributed by atoms with van der Waals surface area (Å²) < 4.78 is 0. The van der Waals surface area contributed by atoms with Gasteiger partial charge in [-0.05, 0) is 53.3 Å². The third-order valence-corrected chi connectivity index (χ3v) is 6.74. The molecule has 0 aromatic heterocycles. The van der Waals surface area contributed by atoms with Gasteiger partial charge in [-0.15, -0.1) is 11.8 Å². The predicted octanol–water partition coefficient (Wildman–Crippen LogP) is 1.35. The van der Waals surface area contributed by atoms with Gasteiger partial charge in [0.05, 0.1) is 5.25 Å². The summed E-state index contributed by atoms with van der Waals surface area (Å²) in [6, 6.07) is -0.806. The van der Waals surface area contributed by atoms with Crippen LogP contribution in [-0.2, 0) is 24.0 Å². The Bertz CT molecular complexity index is 722. The maximum atomic E-state index is 12.6. The van der Waals surface area contributed by atoms with Gasteiger partial charge in [-0.3, -0.25) is 28.9 Å². The lowest BCUT2D eigenvalue weighted by Crippen LogP contribution is -2.49. The van der Waals surface area contributed by atoms with E-state index in [1.54, 1.807) is 14.1 Å². The summed E-state index contributed by atoms with van der Waals surface area (Å²) in [6.07, 6.45) is 2.82. The number of hydrogen-bond donors (Lipinski definition) is 2. The summed E-state index contributed by atoms with van der Waals surface area (Å²) in [4.78, 5) is 64.0. The highest BCUT2D eigenvalue weighted by Crippen LogP contribution is 2.30. The molecule has 188 valence electrons. The average Bonchev–Trinajstić information content (AvgIpc) is 3.01. The van der Waals surface area contributed by atoms with Crippen LogP contribution in [0.4, 0.5) is 0 Å². The molecule has 2 unspecified atom stereocenters. The Labute approximate surface area is 201 Å². The van der Waals surface area contributed by atoms with Crippen LogP contribution >= 0.6 is 11.8 Å². The van der Waals surface area contributed by atoms with E-state index in [9.17, 15) is 24.0 Å². The van der Waals surface area contributed by atoms with E-state index < -0.39 is 11.6 Å². The zero-order chi connectivity index (χ0) is 25.2. The lowest BCUT2D eigenvalue weighted by molar-refractivity contribution is -0.143. The Hall–Kier alpha value is -1.94. The minimum Gasteiger partial charge on any atom is -0.353 e. The van der Waals surface area contributed by atoms with Gasteiger partial charge in [0.2, 0.25) is 23.6 Å². The van der Waals surface area contributed by atoms with Gasteiger partial charge in [-0.25, -0.2) is 0 Å². The average molecular weight is 485 g/mol. The van der Waals surface area contributed by atoms with E-state index in [-0.39, 0.29) is 53.9 Å². The predicted molar refractivity (Wildman–Crippen MR) is 130 cm³/mol. The summed E-state index contributed by atoms with van der Waals surface area (Å²) >= 11 is 1.50. The second kappa shape index (κ2) is 13.7. The van der Waals surface area contributed by atoms with Crippen molar-refractivity contribution in [1.29, 1.82) is 0 Å². The molecule has 0 radical (unpaired) electrons. The fraction of sp³-hybridized carbons (Fsp3) is 0.783. The smallest absolute Gasteiger partial charge is 0.243 e. The summed E-state index contributed by atoms with van der Waals surface area (Å²) in [5.74, 6) is -0.132. The molecule has 1 aliphatic rings. The van der Waals surface area contributed by atoms with Gasteiger partial charge in [0, 0.05) is 44.9 Å². The highest BCUT2D eigenvalue weighted by atomic mass is 32.2. The van der Waals surface area contributed by atoms with Crippen molar-refractivity contribution in [3.63, 3.8) is 0 Å². The Morgan fingerprint density at radius 3 is 2.36 bits per heavy atom. The number of likely N-dealkylation sites (N-methyl/N-ethyl adjacent to an activating group) is 2. The molecule has 2 N–H and O–H groups in total. The largest absolute Gasteiger partial charge is 0.353 e. The first-order valence-electron chi connectivity index (χ1n) is 11.6. The number of likely N-dealkylation sites (tertiary alicyclic amines) is 1. The molecule has 10 heteroatoms. The van der Waals surface area contributed by atoms with E-state index in [1.165, 1.54) is 28.5 Å². The number of Topliss-reactive ketones (excluding diaryl/α,β-unsaturated/α-hetero) is 1. The van der Waals surface area contributed by atoms with Crippen LogP contribution in [0.15, 0.2) is 0 Å². The van der Waals surface area contributed by atoms with Gasteiger partial charge in [-0.1, -0.05) is 6.42 Å². The maximum Gasteiger partial charge on any atom is 0.243 e. The van der Waals surface area contributed by atoms with E-state index in [1.807, 2.05) is 20.8 Å². The number of hydrogen-bond acceptors (Lipinski definition) is 7. The third-order valence-electron chi connectivity index (χ3n) is 5.45. The summed E-state index contributed by atoms with van der Waals surface area (Å²) in [5.41, 5.74) is -0.500. The molecule has 2 atom stereocenters. The molecule has 4 amide bonds. The first kappa shape index (κ1) is 29.1. The Kier molecular flexibility index (Phi) is 12.1. The maximum absolute atomic E-state index is 12.6. The van der Waals surface area contributed by atoms with Crippen molar-refractivity contribution in [2.45, 2.75) is 83.1 Å². The highest BCUT2D eigenvalue weighted by Gasteiger charge is 2.44. The standard InChI is InChI=1S/C23H40N4O5S/c1-16(28)14-17(21(31)25-12-11-24-5)26(6)19(29)10-8-7-9-13-33-18-15-20(30)27(22(18)32)23(2,3)4/h17-18,24H,7-15H2,1-6H3,(H,25,31). The first-order valence-corrected chi connectivity index (χ1v) is 12.6. The monoisotopic (exact) mass is 484 g/mol. The minimum absolute atomic E-state index is 0.00993. The van der Waals surface area contributed by atoms with Gasteiger partial charge in [0.25, 0.3) is 0 Å². The van der Waals surface area contributed by atoms with Crippen LogP contribution in [0.2, 0.25) is 0 Å². The minimum atomic E-state index is -0.806. The van der Waals surface area contributed by atoms with Gasteiger partial charge < -0.3 is 15.5 Å². The van der Waals surface area contributed by atoms with Crippen LogP contribution in [0.5, 0.6) is 0 Å². The molecule has 1 heterocycles. The SMILES string of the molecule is CNCCNC(=O)C(CC(C)=O)N(C)C(=O)CCCCCSC1CC(=O)N(C(C)(C)C)C1=O. The quantitative estimate of drug-likeness (QED) is 0.282. The number of nitrogens with zero attached hydrogens (tertiary/aromatic N) is 2. The van der Waals surface area contributed by atoms with Gasteiger partial charge in [0.15, 0.2) is 0 Å². The van der Waals surface area contributed by atoms with Crippen LogP contribution in [0.1, 0.15) is 66.2 Å². The van der Waals surface area contributed by atoms with Crippen LogP contribution < -0.4 is 10.6 Å². The number of carbonyl (C=O) groups is 5. The molecule has 1 aliphatic heterocycles. The lowest BCUT2D eigenvalue weighted by atomic mass is 10.1. The van der Waals surface area contributed by atoms with Gasteiger partial charge in [-0.2, -0.15) is 0 Å². The zero-order valence-corrected chi connectivity index (χ0v) is 21.7. The number of ketones is 1. The van der Waals surface area contributed by atoms with E-state index in [0.717, 1.165) is 18.6 Å². The summed E-state index contributed by atoms with van der Waals surface area (Å²) in [5, 5.41) is 5.36. The number of imide groups is 1. The highest BCUT2D eigenvalue weighted by molar-refractivity contribution is 8.00. The third kappa shape index (κ3) is 9.44. The number of unbranched alkanes of at least 4 members (excludes halogenated alkanes) is 2. The fourth-order valence-corrected chi connectivity index (χ4v) is 4.84. The fourth-order valence-electron chi connectivity index (χ4n) is 3.68. The first-order chi connectivity index (χ1) is 15.4. The van der Waals surface area contributed by atoms with Crippen molar-refractivity contribution in [1.82, 2.24) is 20.4 Å². The molecule has 0 aromatic rings. The van der Waals surface area contributed by atoms with E-state index in [2.05, 4.69) is 10.6 Å². The molecule has 1 saturated heterocycles. The lowest BCUT2D eigenvalue weighted by Gasteiger charge is -2.30. The molecule has 0 aromatic carbocycles. The Morgan fingerprint density at radius 1 is 1.15 bits per heavy atom. The molecule has 1 fully saturated rings. The zero-order valence-electron chi connectivity index (χ0n) is 20.9. The molecule has 0 saturated carbocycles. The number of thioether (sulfide) groups is 1. The van der Waals surface area contributed by atoms with Crippen LogP contribution in [0, 0.1) is 0 Å². The second-order valence-electron chi connectivity index (χ2n) is 9.43. The van der Waals surface area contributed by atoms with Crippen molar-refractivity contribution in [3.05, 3.63) is 0 Å². The number of rotatable bonds is 14. The molecule has 9 nitrogen and oxygen atoms in total. The number of amides is 4. The van der Waals surface area contributed by atoms with Gasteiger partial charge >= 0.3 is 0 Å². The van der Waals surface area contributed by atoms with Crippen LogP contribution in [0.25, 0.3) is 0 Å². The van der Waals surface area contributed by atoms with Gasteiger partial charge in [0.1, 0.15) is 11.8 Å². The molecule has 0 spiro atoms. The van der Waals surface area contributed by atoms with E-state index >= 15 is 0 Å². The van der Waals surface area contributed by atoms with Crippen molar-refractivity contribution < 1.29 is 24.0 Å². The van der Waals surface area contributed by atoms with Crippen LogP contribution in [-0.4, -0.2) is 89.0 Å². The number of nitrogens with one attached hydrogen (secondary N) is 2. The summed E-state index contributed by atoms with van der Waals surface area (Å²) in [7, 11) is 3.34. The van der Waals surface area contributed by atoms with E-state index in [4.69, 9.17) is 0 Å².